The zero-order valence-electron chi connectivity index (χ0n) is 22.6. The number of H-pyrrole nitrogens is 1. The average molecular weight is 549 g/mol. The number of anilines is 2. The summed E-state index contributed by atoms with van der Waals surface area (Å²) in [5.74, 6) is -1.62. The van der Waals surface area contributed by atoms with E-state index in [9.17, 15) is 14.4 Å². The third-order valence-corrected chi connectivity index (χ3v) is 9.32. The van der Waals surface area contributed by atoms with E-state index in [0.717, 1.165) is 27.6 Å². The van der Waals surface area contributed by atoms with E-state index >= 15 is 0 Å². The molecule has 41 heavy (non-hydrogen) atoms. The molecule has 3 aromatic carbocycles. The van der Waals surface area contributed by atoms with Crippen molar-refractivity contribution >= 4 is 40.0 Å². The first-order chi connectivity index (χ1) is 19.9. The quantitative estimate of drug-likeness (QED) is 0.337. The van der Waals surface area contributed by atoms with Crippen LogP contribution >= 0.6 is 0 Å². The lowest BCUT2D eigenvalue weighted by Gasteiger charge is -2.30. The second-order valence-corrected chi connectivity index (χ2v) is 11.3. The Morgan fingerprint density at radius 2 is 1.76 bits per heavy atom. The van der Waals surface area contributed by atoms with Gasteiger partial charge < -0.3 is 19.8 Å². The van der Waals surface area contributed by atoms with Crippen LogP contribution in [0.25, 0.3) is 10.9 Å². The first-order valence-electron chi connectivity index (χ1n) is 13.9. The molecule has 2 saturated heterocycles. The number of fused-ring (bicyclic) bond motifs is 6. The van der Waals surface area contributed by atoms with Gasteiger partial charge in [0.05, 0.1) is 17.5 Å². The van der Waals surface area contributed by atoms with Crippen LogP contribution in [0.5, 0.6) is 11.5 Å². The molecular formula is C32H28N4O5. The van der Waals surface area contributed by atoms with Gasteiger partial charge in [-0.3, -0.25) is 19.7 Å². The molecule has 9 nitrogen and oxygen atoms in total. The van der Waals surface area contributed by atoms with Crippen molar-refractivity contribution in [1.82, 2.24) is 10.3 Å². The molecule has 1 aromatic heterocycles. The van der Waals surface area contributed by atoms with Gasteiger partial charge in [-0.2, -0.15) is 0 Å². The summed E-state index contributed by atoms with van der Waals surface area (Å²) in [4.78, 5) is 47.3. The van der Waals surface area contributed by atoms with Crippen molar-refractivity contribution < 1.29 is 23.9 Å². The predicted octanol–water partition coefficient (Wildman–Crippen LogP) is 3.72. The maximum Gasteiger partial charge on any atom is 0.250 e. The fourth-order valence-electron chi connectivity index (χ4n) is 7.26. The standard InChI is InChI=1S/C32H28N4O5/c1-16-7-9-21-28(17(16)2)34-31(39)32(21)27-26(23(35-32)13-18-15-33-22-6-4-3-5-20(18)22)29(37)36(30(27)38)19-8-10-24-25(14-19)41-12-11-40-24/h3-10,14-15,23,26-27,33,35H,11-13H2,1-2H3,(H,34,39). The van der Waals surface area contributed by atoms with Crippen LogP contribution in [0, 0.1) is 25.7 Å². The zero-order chi connectivity index (χ0) is 28.0. The molecule has 0 bridgehead atoms. The van der Waals surface area contributed by atoms with Gasteiger partial charge in [0.1, 0.15) is 18.8 Å². The minimum absolute atomic E-state index is 0.303. The predicted molar refractivity (Wildman–Crippen MR) is 152 cm³/mol. The van der Waals surface area contributed by atoms with E-state index in [4.69, 9.17) is 9.47 Å². The normalized spacial score (nSPS) is 26.1. The molecule has 4 aliphatic rings. The molecule has 8 rings (SSSR count). The van der Waals surface area contributed by atoms with Crippen molar-refractivity contribution in [3.8, 4) is 11.5 Å². The number of hydrogen-bond acceptors (Lipinski definition) is 6. The Morgan fingerprint density at radius 1 is 0.951 bits per heavy atom. The SMILES string of the molecule is Cc1ccc2c(c1C)NC(=O)C21NC(Cc2c[nH]c3ccccc23)C2C(=O)N(c3ccc4c(c3)OCCO4)C(=O)C21. The van der Waals surface area contributed by atoms with Crippen LogP contribution in [-0.2, 0) is 26.3 Å². The first-order valence-corrected chi connectivity index (χ1v) is 13.9. The number of imide groups is 1. The van der Waals surface area contributed by atoms with Gasteiger partial charge in [0.15, 0.2) is 11.5 Å². The van der Waals surface area contributed by atoms with Crippen LogP contribution in [0.4, 0.5) is 11.4 Å². The number of ether oxygens (including phenoxy) is 2. The maximum absolute atomic E-state index is 14.4. The maximum atomic E-state index is 14.4. The number of aromatic amines is 1. The molecule has 4 atom stereocenters. The average Bonchev–Trinajstić information content (AvgIpc) is 3.69. The van der Waals surface area contributed by atoms with E-state index in [-0.39, 0.29) is 11.8 Å². The summed E-state index contributed by atoms with van der Waals surface area (Å²) in [5, 5.41) is 7.68. The van der Waals surface area contributed by atoms with Crippen LogP contribution in [-0.4, -0.2) is 42.0 Å². The van der Waals surface area contributed by atoms with Crippen LogP contribution < -0.4 is 25.0 Å². The molecule has 3 amide bonds. The molecule has 4 aromatic rings. The van der Waals surface area contributed by atoms with Crippen molar-refractivity contribution in [2.45, 2.75) is 31.8 Å². The smallest absolute Gasteiger partial charge is 0.250 e. The molecule has 2 fully saturated rings. The minimum atomic E-state index is -1.37. The molecule has 0 radical (unpaired) electrons. The van der Waals surface area contributed by atoms with Crippen molar-refractivity contribution in [1.29, 1.82) is 0 Å². The van der Waals surface area contributed by atoms with Crippen LogP contribution in [0.1, 0.15) is 22.3 Å². The lowest BCUT2D eigenvalue weighted by molar-refractivity contribution is -0.130. The number of aryl methyl sites for hydroxylation is 1. The largest absolute Gasteiger partial charge is 0.486 e. The fraction of sp³-hybridized carbons (Fsp3) is 0.281. The number of aromatic nitrogens is 1. The second kappa shape index (κ2) is 8.44. The number of hydrogen-bond donors (Lipinski definition) is 3. The lowest BCUT2D eigenvalue weighted by atomic mass is 9.75. The van der Waals surface area contributed by atoms with E-state index in [1.165, 1.54) is 4.90 Å². The molecular weight excluding hydrogens is 520 g/mol. The highest BCUT2D eigenvalue weighted by Crippen LogP contribution is 2.55. The highest BCUT2D eigenvalue weighted by atomic mass is 16.6. The van der Waals surface area contributed by atoms with E-state index in [2.05, 4.69) is 15.6 Å². The van der Waals surface area contributed by atoms with Crippen molar-refractivity contribution in [2.75, 3.05) is 23.4 Å². The highest BCUT2D eigenvalue weighted by molar-refractivity contribution is 6.26. The summed E-state index contributed by atoms with van der Waals surface area (Å²) in [6.45, 7) is 4.78. The van der Waals surface area contributed by atoms with Gasteiger partial charge >= 0.3 is 0 Å². The highest BCUT2D eigenvalue weighted by Gasteiger charge is 2.70. The Kier molecular flexibility index (Phi) is 4.98. The molecule has 0 saturated carbocycles. The minimum Gasteiger partial charge on any atom is -0.486 e. The van der Waals surface area contributed by atoms with Crippen molar-refractivity contribution in [3.63, 3.8) is 0 Å². The topological polar surface area (TPSA) is 113 Å². The van der Waals surface area contributed by atoms with Crippen molar-refractivity contribution in [2.24, 2.45) is 11.8 Å². The molecule has 0 aliphatic carbocycles. The Labute approximate surface area is 235 Å². The van der Waals surface area contributed by atoms with Gasteiger partial charge in [0.25, 0.3) is 0 Å². The molecule has 1 spiro atoms. The van der Waals surface area contributed by atoms with Gasteiger partial charge in [0.2, 0.25) is 17.7 Å². The monoisotopic (exact) mass is 548 g/mol. The number of para-hydroxylation sites is 1. The lowest BCUT2D eigenvalue weighted by Crippen LogP contribution is -2.53. The zero-order valence-corrected chi connectivity index (χ0v) is 22.6. The second-order valence-electron chi connectivity index (χ2n) is 11.3. The third kappa shape index (κ3) is 3.18. The van der Waals surface area contributed by atoms with Crippen molar-refractivity contribution in [3.05, 3.63) is 83.0 Å². The number of benzene rings is 3. The van der Waals surface area contributed by atoms with E-state index < -0.39 is 29.3 Å². The van der Waals surface area contributed by atoms with Crippen LogP contribution in [0.3, 0.4) is 0 Å². The summed E-state index contributed by atoms with van der Waals surface area (Å²) in [7, 11) is 0. The number of carbonyl (C=O) groups is 3. The summed E-state index contributed by atoms with van der Waals surface area (Å²) in [6.07, 6.45) is 2.41. The number of nitrogens with one attached hydrogen (secondary N) is 3. The summed E-state index contributed by atoms with van der Waals surface area (Å²) >= 11 is 0. The molecule has 3 N–H and O–H groups in total. The first kappa shape index (κ1) is 24.2. The summed E-state index contributed by atoms with van der Waals surface area (Å²) in [6, 6.07) is 16.5. The number of nitrogens with zero attached hydrogens (tertiary/aromatic N) is 1. The summed E-state index contributed by atoms with van der Waals surface area (Å²) in [5.41, 5.74) is 4.48. The Hall–Kier alpha value is -4.63. The number of amides is 3. The van der Waals surface area contributed by atoms with Gasteiger partial charge in [-0.25, -0.2) is 4.90 Å². The number of carbonyl (C=O) groups excluding carboxylic acids is 3. The van der Waals surface area contributed by atoms with Gasteiger partial charge in [-0.15, -0.1) is 0 Å². The molecule has 9 heteroatoms. The molecule has 5 heterocycles. The van der Waals surface area contributed by atoms with Gasteiger partial charge in [-0.1, -0.05) is 30.3 Å². The van der Waals surface area contributed by atoms with E-state index in [1.807, 2.05) is 56.4 Å². The van der Waals surface area contributed by atoms with Crippen LogP contribution in [0.2, 0.25) is 0 Å². The number of rotatable bonds is 3. The summed E-state index contributed by atoms with van der Waals surface area (Å²) < 4.78 is 11.4. The van der Waals surface area contributed by atoms with Gasteiger partial charge in [0, 0.05) is 40.5 Å². The van der Waals surface area contributed by atoms with E-state index in [1.54, 1.807) is 18.2 Å². The third-order valence-electron chi connectivity index (χ3n) is 9.32. The molecule has 4 unspecified atom stereocenters. The Bertz CT molecular complexity index is 1810. The molecule has 4 aliphatic heterocycles. The van der Waals surface area contributed by atoms with E-state index in [0.29, 0.717) is 48.1 Å². The van der Waals surface area contributed by atoms with Crippen LogP contribution in [0.15, 0.2) is 60.8 Å². The fourth-order valence-corrected chi connectivity index (χ4v) is 7.26. The Morgan fingerprint density at radius 3 is 2.61 bits per heavy atom. The molecule has 206 valence electrons. The van der Waals surface area contributed by atoms with Gasteiger partial charge in [-0.05, 0) is 55.2 Å². The Balaban J connectivity index is 1.27.